The monoisotopic (exact) mass is 470 g/mol. The molecule has 0 heterocycles. The van der Waals surface area contributed by atoms with E-state index in [4.69, 9.17) is 9.84 Å². The van der Waals surface area contributed by atoms with Gasteiger partial charge in [0.05, 0.1) is 6.42 Å². The quantitative estimate of drug-likeness (QED) is 0.443. The molecule has 0 fully saturated rings. The molecule has 3 aromatic rings. The number of hydrogen-bond donors (Lipinski definition) is 2. The molecule has 7 nitrogen and oxygen atoms in total. The normalized spacial score (nSPS) is 11.8. The molecule has 2 amide bonds. The van der Waals surface area contributed by atoms with Gasteiger partial charge < -0.3 is 14.7 Å². The molecule has 0 radical (unpaired) electrons. The zero-order valence-corrected chi connectivity index (χ0v) is 19.1. The third kappa shape index (κ3) is 5.58. The minimum Gasteiger partial charge on any atom is -0.480 e. The molecule has 4 rings (SSSR count). The maximum absolute atomic E-state index is 12.6. The van der Waals surface area contributed by atoms with Crippen molar-refractivity contribution >= 4 is 23.7 Å². The molecular formula is C28H26N2O5. The summed E-state index contributed by atoms with van der Waals surface area (Å²) in [5.74, 6) is -1.47. The minimum atomic E-state index is -1.09. The fourth-order valence-electron chi connectivity index (χ4n) is 4.37. The highest BCUT2D eigenvalue weighted by Crippen LogP contribution is 2.44. The maximum atomic E-state index is 12.6. The van der Waals surface area contributed by atoms with Crippen molar-refractivity contribution in [1.29, 1.82) is 0 Å². The number of carboxylic acids is 1. The number of hydrogen-bond acceptors (Lipinski definition) is 4. The Morgan fingerprint density at radius 3 is 2.26 bits per heavy atom. The lowest BCUT2D eigenvalue weighted by Crippen LogP contribution is -2.36. The number of fused-ring (bicyclic) bond motifs is 3. The maximum Gasteiger partial charge on any atom is 0.411 e. The fourth-order valence-corrected chi connectivity index (χ4v) is 4.37. The van der Waals surface area contributed by atoms with Crippen LogP contribution < -0.4 is 5.32 Å². The van der Waals surface area contributed by atoms with Crippen LogP contribution in [0.25, 0.3) is 11.1 Å². The van der Waals surface area contributed by atoms with E-state index < -0.39 is 18.6 Å². The van der Waals surface area contributed by atoms with Crippen molar-refractivity contribution in [2.45, 2.75) is 12.3 Å². The second kappa shape index (κ2) is 10.7. The van der Waals surface area contributed by atoms with Gasteiger partial charge in [0.15, 0.2) is 0 Å². The Labute approximate surface area is 203 Å². The summed E-state index contributed by atoms with van der Waals surface area (Å²) in [5, 5.41) is 11.7. The molecule has 1 aliphatic rings. The zero-order valence-electron chi connectivity index (χ0n) is 19.1. The molecule has 3 aromatic carbocycles. The summed E-state index contributed by atoms with van der Waals surface area (Å²) in [5.41, 5.74) is 5.71. The van der Waals surface area contributed by atoms with E-state index in [1.165, 1.54) is 11.0 Å². The lowest BCUT2D eigenvalue weighted by molar-refractivity contribution is -0.143. The molecule has 0 bridgehead atoms. The van der Waals surface area contributed by atoms with Gasteiger partial charge in [-0.3, -0.25) is 14.9 Å². The number of nitrogens with one attached hydrogen (secondary N) is 1. The first kappa shape index (κ1) is 23.8. The van der Waals surface area contributed by atoms with E-state index in [-0.39, 0.29) is 31.4 Å². The van der Waals surface area contributed by atoms with Crippen LogP contribution in [0.5, 0.6) is 0 Å². The van der Waals surface area contributed by atoms with E-state index >= 15 is 0 Å². The minimum absolute atomic E-state index is 0.00132. The van der Waals surface area contributed by atoms with Crippen molar-refractivity contribution < 1.29 is 24.2 Å². The number of benzene rings is 3. The highest BCUT2D eigenvalue weighted by Gasteiger charge is 2.29. The van der Waals surface area contributed by atoms with E-state index in [1.807, 2.05) is 24.3 Å². The Balaban J connectivity index is 1.38. The number of nitrogens with zero attached hydrogens (tertiary/aromatic N) is 1. The van der Waals surface area contributed by atoms with E-state index in [0.717, 1.165) is 22.3 Å². The van der Waals surface area contributed by atoms with E-state index in [1.54, 1.807) is 24.3 Å². The molecule has 2 N–H and O–H groups in total. The van der Waals surface area contributed by atoms with E-state index in [2.05, 4.69) is 36.2 Å². The summed E-state index contributed by atoms with van der Waals surface area (Å²) in [6.45, 7) is 3.51. The number of ether oxygens (including phenoxy) is 1. The Morgan fingerprint density at radius 2 is 1.63 bits per heavy atom. The average molecular weight is 471 g/mol. The van der Waals surface area contributed by atoms with Gasteiger partial charge in [-0.05, 0) is 39.9 Å². The summed E-state index contributed by atoms with van der Waals surface area (Å²) in [4.78, 5) is 37.3. The van der Waals surface area contributed by atoms with Gasteiger partial charge in [0, 0.05) is 18.2 Å². The van der Waals surface area contributed by atoms with Gasteiger partial charge in [0.1, 0.15) is 13.2 Å². The number of carbonyl (C=O) groups is 3. The van der Waals surface area contributed by atoms with Crippen molar-refractivity contribution in [2.24, 2.45) is 0 Å². The topological polar surface area (TPSA) is 95.9 Å². The molecule has 0 aromatic heterocycles. The Hall–Kier alpha value is -4.39. The second-order valence-electron chi connectivity index (χ2n) is 8.28. The largest absolute Gasteiger partial charge is 0.480 e. The number of carbonyl (C=O) groups excluding carboxylic acids is 2. The van der Waals surface area contributed by atoms with Crippen molar-refractivity contribution in [2.75, 3.05) is 25.0 Å². The molecule has 0 saturated heterocycles. The lowest BCUT2D eigenvalue weighted by atomic mass is 9.98. The van der Waals surface area contributed by atoms with Crippen LogP contribution in [0.1, 0.15) is 22.6 Å². The molecule has 7 heteroatoms. The standard InChI is InChI=1S/C28H26N2O5/c1-2-14-30(17-27(32)33)26(31)16-19-8-7-9-20(15-19)29-28(34)35-18-25-23-12-5-3-10-21(23)22-11-4-6-13-24(22)25/h2-13,15,25H,1,14,16-18H2,(H,29,34)(H,32,33). The Kier molecular flexibility index (Phi) is 7.26. The van der Waals surface area contributed by atoms with Crippen LogP contribution in [-0.2, 0) is 20.7 Å². The smallest absolute Gasteiger partial charge is 0.411 e. The molecule has 1 aliphatic carbocycles. The summed E-state index contributed by atoms with van der Waals surface area (Å²) < 4.78 is 5.58. The molecule has 0 unspecified atom stereocenters. The van der Waals surface area contributed by atoms with Crippen molar-refractivity contribution in [3.05, 3.63) is 102 Å². The van der Waals surface area contributed by atoms with Crippen LogP contribution in [0.4, 0.5) is 10.5 Å². The Morgan fingerprint density at radius 1 is 0.971 bits per heavy atom. The SMILES string of the molecule is C=CCN(CC(=O)O)C(=O)Cc1cccc(NC(=O)OCC2c3ccccc3-c3ccccc32)c1. The second-order valence-corrected chi connectivity index (χ2v) is 8.28. The Bertz CT molecular complexity index is 1220. The summed E-state index contributed by atoms with van der Waals surface area (Å²) in [6.07, 6.45) is 0.895. The van der Waals surface area contributed by atoms with Gasteiger partial charge in [-0.2, -0.15) is 0 Å². The zero-order chi connectivity index (χ0) is 24.8. The van der Waals surface area contributed by atoms with Crippen LogP contribution in [0.2, 0.25) is 0 Å². The first-order valence-electron chi connectivity index (χ1n) is 11.3. The van der Waals surface area contributed by atoms with E-state index in [0.29, 0.717) is 11.3 Å². The summed E-state index contributed by atoms with van der Waals surface area (Å²) in [6, 6.07) is 23.1. The van der Waals surface area contributed by atoms with E-state index in [9.17, 15) is 14.4 Å². The van der Waals surface area contributed by atoms with Crippen LogP contribution in [0, 0.1) is 0 Å². The van der Waals surface area contributed by atoms with Gasteiger partial charge in [0.25, 0.3) is 0 Å². The molecule has 178 valence electrons. The predicted octanol–water partition coefficient (Wildman–Crippen LogP) is 4.69. The number of aliphatic carboxylic acids is 1. The number of amides is 2. The van der Waals surface area contributed by atoms with Crippen molar-refractivity contribution in [3.63, 3.8) is 0 Å². The van der Waals surface area contributed by atoms with Crippen LogP contribution in [-0.4, -0.2) is 47.7 Å². The number of rotatable bonds is 9. The number of carboxylic acid groups (broad SMARTS) is 1. The molecule has 35 heavy (non-hydrogen) atoms. The molecule has 0 spiro atoms. The van der Waals surface area contributed by atoms with Gasteiger partial charge >= 0.3 is 12.1 Å². The highest BCUT2D eigenvalue weighted by atomic mass is 16.5. The van der Waals surface area contributed by atoms with Crippen LogP contribution in [0.3, 0.4) is 0 Å². The third-order valence-corrected chi connectivity index (χ3v) is 5.90. The highest BCUT2D eigenvalue weighted by molar-refractivity contribution is 5.86. The first-order chi connectivity index (χ1) is 17.0. The fraction of sp³-hybridized carbons (Fsp3) is 0.179. The summed E-state index contributed by atoms with van der Waals surface area (Å²) in [7, 11) is 0. The van der Waals surface area contributed by atoms with Gasteiger partial charge in [-0.25, -0.2) is 4.79 Å². The van der Waals surface area contributed by atoms with Crippen molar-refractivity contribution in [3.8, 4) is 11.1 Å². The predicted molar refractivity (Wildman–Crippen MR) is 133 cm³/mol. The molecular weight excluding hydrogens is 444 g/mol. The average Bonchev–Trinajstić information content (AvgIpc) is 3.16. The number of anilines is 1. The molecule has 0 aliphatic heterocycles. The molecule has 0 atom stereocenters. The lowest BCUT2D eigenvalue weighted by Gasteiger charge is -2.19. The van der Waals surface area contributed by atoms with Crippen LogP contribution >= 0.6 is 0 Å². The van der Waals surface area contributed by atoms with Crippen LogP contribution in [0.15, 0.2) is 85.5 Å². The molecule has 0 saturated carbocycles. The third-order valence-electron chi connectivity index (χ3n) is 5.90. The van der Waals surface area contributed by atoms with Gasteiger partial charge in [-0.15, -0.1) is 6.58 Å². The van der Waals surface area contributed by atoms with Crippen molar-refractivity contribution in [1.82, 2.24) is 4.90 Å². The van der Waals surface area contributed by atoms with Gasteiger partial charge in [-0.1, -0.05) is 66.7 Å². The summed E-state index contributed by atoms with van der Waals surface area (Å²) >= 11 is 0. The first-order valence-corrected chi connectivity index (χ1v) is 11.3. The van der Waals surface area contributed by atoms with Gasteiger partial charge in [0.2, 0.25) is 5.91 Å².